The maximum Gasteiger partial charge on any atom is 0.416 e. The Morgan fingerprint density at radius 3 is 2.52 bits per heavy atom. The lowest BCUT2D eigenvalue weighted by atomic mass is 9.89. The first-order valence-electron chi connectivity index (χ1n) is 6.40. The minimum absolute atomic E-state index is 0.0644. The van der Waals surface area contributed by atoms with Crippen LogP contribution in [0.15, 0.2) is 12.1 Å². The number of ether oxygens (including phenoxy) is 1. The molecular weight excluding hydrogens is 309 g/mol. The fourth-order valence-electron chi connectivity index (χ4n) is 2.49. The van der Waals surface area contributed by atoms with Crippen molar-refractivity contribution in [2.75, 3.05) is 7.11 Å². The molecule has 2 rings (SSSR count). The normalized spacial score (nSPS) is 16.6. The fraction of sp³-hybridized carbons (Fsp3) is 0.500. The molecule has 1 fully saturated rings. The Balaban J connectivity index is 2.52. The number of rotatable bonds is 5. The lowest BCUT2D eigenvalue weighted by Crippen LogP contribution is -2.13. The number of alkyl halides is 3. The van der Waals surface area contributed by atoms with Gasteiger partial charge in [-0.15, -0.1) is 0 Å². The van der Waals surface area contributed by atoms with Crippen molar-refractivity contribution < 1.29 is 27.8 Å². The van der Waals surface area contributed by atoms with Gasteiger partial charge in [-0.1, -0.05) is 11.6 Å². The largest absolute Gasteiger partial charge is 0.495 e. The molecule has 1 atom stereocenters. The third-order valence-electron chi connectivity index (χ3n) is 3.59. The van der Waals surface area contributed by atoms with E-state index in [-0.39, 0.29) is 28.7 Å². The van der Waals surface area contributed by atoms with Crippen LogP contribution in [0.3, 0.4) is 0 Å². The SMILES string of the molecule is COc1c(Cl)cc(C(F)(F)F)cc1C(CC(=O)O)C1CC1. The average Bonchev–Trinajstić information content (AvgIpc) is 3.17. The van der Waals surface area contributed by atoms with Crippen molar-refractivity contribution >= 4 is 17.6 Å². The highest BCUT2D eigenvalue weighted by Gasteiger charge is 2.38. The standard InChI is InChI=1S/C14H14ClF3O3/c1-21-13-10(9(6-12(19)20)7-2-3-7)4-8(5-11(13)15)14(16,17)18/h4-5,7,9H,2-3,6H2,1H3,(H,19,20). The molecule has 1 unspecified atom stereocenters. The zero-order chi connectivity index (χ0) is 15.8. The molecule has 1 N–H and O–H groups in total. The quantitative estimate of drug-likeness (QED) is 0.877. The van der Waals surface area contributed by atoms with E-state index in [1.165, 1.54) is 7.11 Å². The molecule has 21 heavy (non-hydrogen) atoms. The molecule has 0 radical (unpaired) electrons. The van der Waals surface area contributed by atoms with Crippen LogP contribution in [0.2, 0.25) is 5.02 Å². The van der Waals surface area contributed by atoms with Crippen molar-refractivity contribution in [3.05, 3.63) is 28.3 Å². The van der Waals surface area contributed by atoms with Crippen LogP contribution in [-0.4, -0.2) is 18.2 Å². The van der Waals surface area contributed by atoms with E-state index < -0.39 is 23.6 Å². The van der Waals surface area contributed by atoms with Crippen molar-refractivity contribution in [3.63, 3.8) is 0 Å². The maximum atomic E-state index is 12.9. The molecule has 3 nitrogen and oxygen atoms in total. The van der Waals surface area contributed by atoms with Gasteiger partial charge in [0.1, 0.15) is 5.75 Å². The number of aliphatic carboxylic acids is 1. The van der Waals surface area contributed by atoms with Gasteiger partial charge in [0.15, 0.2) is 0 Å². The van der Waals surface area contributed by atoms with Gasteiger partial charge in [-0.05, 0) is 30.9 Å². The number of methoxy groups -OCH3 is 1. The smallest absolute Gasteiger partial charge is 0.416 e. The van der Waals surface area contributed by atoms with Crippen LogP contribution in [0.5, 0.6) is 5.75 Å². The number of hydrogen-bond donors (Lipinski definition) is 1. The van der Waals surface area contributed by atoms with Crippen LogP contribution in [0.25, 0.3) is 0 Å². The monoisotopic (exact) mass is 322 g/mol. The minimum Gasteiger partial charge on any atom is -0.495 e. The minimum atomic E-state index is -4.54. The molecule has 1 aliphatic carbocycles. The fourth-order valence-corrected chi connectivity index (χ4v) is 2.79. The molecule has 1 aliphatic rings. The molecule has 0 aliphatic heterocycles. The van der Waals surface area contributed by atoms with Crippen molar-refractivity contribution in [2.45, 2.75) is 31.4 Å². The van der Waals surface area contributed by atoms with Crippen LogP contribution in [0, 0.1) is 5.92 Å². The van der Waals surface area contributed by atoms with Crippen LogP contribution in [-0.2, 0) is 11.0 Å². The van der Waals surface area contributed by atoms with Gasteiger partial charge in [0.25, 0.3) is 0 Å². The molecule has 0 heterocycles. The number of halogens is 4. The highest BCUT2D eigenvalue weighted by molar-refractivity contribution is 6.32. The maximum absolute atomic E-state index is 12.9. The van der Waals surface area contributed by atoms with Crippen LogP contribution >= 0.6 is 11.6 Å². The van der Waals surface area contributed by atoms with Crippen LogP contribution < -0.4 is 4.74 Å². The van der Waals surface area contributed by atoms with E-state index in [9.17, 15) is 18.0 Å². The summed E-state index contributed by atoms with van der Waals surface area (Å²) < 4.78 is 43.8. The van der Waals surface area contributed by atoms with Gasteiger partial charge in [-0.3, -0.25) is 4.79 Å². The van der Waals surface area contributed by atoms with E-state index in [1.54, 1.807) is 0 Å². The Hall–Kier alpha value is -1.43. The lowest BCUT2D eigenvalue weighted by Gasteiger charge is -2.21. The van der Waals surface area contributed by atoms with Gasteiger partial charge < -0.3 is 9.84 Å². The first-order chi connectivity index (χ1) is 9.74. The number of benzene rings is 1. The molecule has 1 aromatic carbocycles. The molecule has 0 spiro atoms. The van der Waals surface area contributed by atoms with Crippen molar-refractivity contribution in [1.29, 1.82) is 0 Å². The number of carboxylic acid groups (broad SMARTS) is 1. The van der Waals surface area contributed by atoms with Gasteiger partial charge in [-0.2, -0.15) is 13.2 Å². The summed E-state index contributed by atoms with van der Waals surface area (Å²) in [6, 6.07) is 1.76. The summed E-state index contributed by atoms with van der Waals surface area (Å²) in [5, 5.41) is 8.83. The Morgan fingerprint density at radius 2 is 2.10 bits per heavy atom. The Labute approximate surface area is 124 Å². The summed E-state index contributed by atoms with van der Waals surface area (Å²) in [5.41, 5.74) is -0.665. The predicted molar refractivity (Wildman–Crippen MR) is 70.7 cm³/mol. The van der Waals surface area contributed by atoms with Gasteiger partial charge in [-0.25, -0.2) is 0 Å². The summed E-state index contributed by atoms with van der Waals surface area (Å²) in [6.45, 7) is 0. The van der Waals surface area contributed by atoms with E-state index in [2.05, 4.69) is 0 Å². The van der Waals surface area contributed by atoms with Gasteiger partial charge >= 0.3 is 12.1 Å². The Bertz CT molecular complexity index is 553. The number of carbonyl (C=O) groups is 1. The van der Waals surface area contributed by atoms with Crippen LogP contribution in [0.1, 0.15) is 36.3 Å². The molecule has 0 bridgehead atoms. The van der Waals surface area contributed by atoms with E-state index in [0.717, 1.165) is 25.0 Å². The molecule has 1 saturated carbocycles. The molecule has 116 valence electrons. The van der Waals surface area contributed by atoms with Crippen LogP contribution in [0.4, 0.5) is 13.2 Å². The summed E-state index contributed by atoms with van der Waals surface area (Å²) >= 11 is 5.87. The Kier molecular flexibility index (Phi) is 4.37. The van der Waals surface area contributed by atoms with Gasteiger partial charge in [0, 0.05) is 11.5 Å². The zero-order valence-corrected chi connectivity index (χ0v) is 12.0. The van der Waals surface area contributed by atoms with E-state index in [4.69, 9.17) is 21.4 Å². The highest BCUT2D eigenvalue weighted by Crippen LogP contribution is 2.49. The summed E-state index contributed by atoms with van der Waals surface area (Å²) in [4.78, 5) is 11.0. The second-order valence-corrected chi connectivity index (χ2v) is 5.53. The molecule has 1 aromatic rings. The van der Waals surface area contributed by atoms with Gasteiger partial charge in [0.05, 0.1) is 24.1 Å². The Morgan fingerprint density at radius 1 is 1.48 bits per heavy atom. The summed E-state index contributed by atoms with van der Waals surface area (Å²) in [5.74, 6) is -1.38. The van der Waals surface area contributed by atoms with E-state index in [1.807, 2.05) is 0 Å². The third kappa shape index (κ3) is 3.61. The first-order valence-corrected chi connectivity index (χ1v) is 6.78. The van der Waals surface area contributed by atoms with E-state index in [0.29, 0.717) is 0 Å². The summed E-state index contributed by atoms with van der Waals surface area (Å²) in [6.07, 6.45) is -3.18. The number of hydrogen-bond acceptors (Lipinski definition) is 2. The first kappa shape index (κ1) is 15.9. The van der Waals surface area contributed by atoms with Crippen molar-refractivity contribution in [3.8, 4) is 5.75 Å². The van der Waals surface area contributed by atoms with E-state index >= 15 is 0 Å². The molecule has 7 heteroatoms. The molecule has 0 saturated heterocycles. The molecule has 0 aromatic heterocycles. The predicted octanol–water partition coefficient (Wildman–Crippen LogP) is 4.34. The molecule has 0 amide bonds. The topological polar surface area (TPSA) is 46.5 Å². The van der Waals surface area contributed by atoms with Crippen molar-refractivity contribution in [1.82, 2.24) is 0 Å². The second kappa shape index (κ2) is 5.75. The lowest BCUT2D eigenvalue weighted by molar-refractivity contribution is -0.138. The third-order valence-corrected chi connectivity index (χ3v) is 3.87. The second-order valence-electron chi connectivity index (χ2n) is 5.12. The van der Waals surface area contributed by atoms with Crippen molar-refractivity contribution in [2.24, 2.45) is 5.92 Å². The average molecular weight is 323 g/mol. The zero-order valence-electron chi connectivity index (χ0n) is 11.2. The van der Waals surface area contributed by atoms with Gasteiger partial charge in [0.2, 0.25) is 0 Å². The summed E-state index contributed by atoms with van der Waals surface area (Å²) in [7, 11) is 1.31. The number of carboxylic acids is 1. The molecular formula is C14H14ClF3O3. The highest BCUT2D eigenvalue weighted by atomic mass is 35.5.